The van der Waals surface area contributed by atoms with E-state index in [1.54, 1.807) is 12.1 Å². The van der Waals surface area contributed by atoms with Gasteiger partial charge in [-0.2, -0.15) is 0 Å². The summed E-state index contributed by atoms with van der Waals surface area (Å²) in [6, 6.07) is 5.27. The molecule has 1 aromatic rings. The molecule has 0 heterocycles. The first kappa shape index (κ1) is 17.3. The van der Waals surface area contributed by atoms with Crippen molar-refractivity contribution in [1.29, 1.82) is 0 Å². The second-order valence-electron chi connectivity index (χ2n) is 4.86. The van der Waals surface area contributed by atoms with Gasteiger partial charge < -0.3 is 5.32 Å². The Morgan fingerprint density at radius 1 is 1.20 bits per heavy atom. The molecular formula is C14H23ClN2O2S. The van der Waals surface area contributed by atoms with Gasteiger partial charge in [0.2, 0.25) is 10.0 Å². The molecule has 0 aliphatic heterocycles. The van der Waals surface area contributed by atoms with Gasteiger partial charge in [0.15, 0.2) is 0 Å². The zero-order valence-corrected chi connectivity index (χ0v) is 13.6. The maximum absolute atomic E-state index is 11.9. The van der Waals surface area contributed by atoms with Gasteiger partial charge in [-0.05, 0) is 57.0 Å². The molecule has 2 N–H and O–H groups in total. The standard InChI is InChI=1S/C14H23ClN2O2S/c1-3-8-16-9-4-5-10-20(18,19)17-14-7-6-12(2)11-13(14)15/h6-7,11,16-17H,3-5,8-10H2,1-2H3. The number of unbranched alkanes of at least 4 members (excludes halogenated alkanes) is 1. The molecule has 0 fully saturated rings. The fourth-order valence-corrected chi connectivity index (χ4v) is 3.30. The maximum Gasteiger partial charge on any atom is 0.232 e. The van der Waals surface area contributed by atoms with E-state index >= 15 is 0 Å². The topological polar surface area (TPSA) is 58.2 Å². The molecule has 0 atom stereocenters. The third kappa shape index (κ3) is 6.59. The molecule has 1 rings (SSSR count). The lowest BCUT2D eigenvalue weighted by Crippen LogP contribution is -2.20. The quantitative estimate of drug-likeness (QED) is 0.688. The molecule has 20 heavy (non-hydrogen) atoms. The van der Waals surface area contributed by atoms with E-state index in [2.05, 4.69) is 17.0 Å². The molecule has 0 bridgehead atoms. The van der Waals surface area contributed by atoms with Crippen LogP contribution in [0.4, 0.5) is 5.69 Å². The third-order valence-electron chi connectivity index (χ3n) is 2.83. The van der Waals surface area contributed by atoms with E-state index in [1.165, 1.54) is 0 Å². The Balaban J connectivity index is 2.41. The molecule has 114 valence electrons. The van der Waals surface area contributed by atoms with Crippen LogP contribution in [0.3, 0.4) is 0 Å². The Morgan fingerprint density at radius 2 is 1.95 bits per heavy atom. The van der Waals surface area contributed by atoms with E-state index in [-0.39, 0.29) is 5.75 Å². The van der Waals surface area contributed by atoms with Crippen LogP contribution in [0.2, 0.25) is 5.02 Å². The fourth-order valence-electron chi connectivity index (χ4n) is 1.77. The number of hydrogen-bond donors (Lipinski definition) is 2. The summed E-state index contributed by atoms with van der Waals surface area (Å²) >= 11 is 6.02. The number of halogens is 1. The van der Waals surface area contributed by atoms with Crippen LogP contribution >= 0.6 is 11.6 Å². The van der Waals surface area contributed by atoms with E-state index in [9.17, 15) is 8.42 Å². The van der Waals surface area contributed by atoms with Crippen molar-refractivity contribution in [2.24, 2.45) is 0 Å². The molecule has 0 saturated carbocycles. The van der Waals surface area contributed by atoms with Crippen molar-refractivity contribution in [3.8, 4) is 0 Å². The Bertz CT molecular complexity index is 518. The van der Waals surface area contributed by atoms with Gasteiger partial charge in [0.25, 0.3) is 0 Å². The minimum atomic E-state index is -3.32. The molecule has 6 heteroatoms. The number of sulfonamides is 1. The van der Waals surface area contributed by atoms with Gasteiger partial charge in [-0.25, -0.2) is 8.42 Å². The van der Waals surface area contributed by atoms with Gasteiger partial charge in [-0.15, -0.1) is 0 Å². The second-order valence-corrected chi connectivity index (χ2v) is 7.11. The summed E-state index contributed by atoms with van der Waals surface area (Å²) in [4.78, 5) is 0. The van der Waals surface area contributed by atoms with Crippen LogP contribution in [-0.2, 0) is 10.0 Å². The van der Waals surface area contributed by atoms with E-state index in [1.807, 2.05) is 13.0 Å². The highest BCUT2D eigenvalue weighted by Crippen LogP contribution is 2.23. The third-order valence-corrected chi connectivity index (χ3v) is 4.50. The molecule has 0 radical (unpaired) electrons. The average Bonchev–Trinajstić information content (AvgIpc) is 2.37. The first-order valence-corrected chi connectivity index (χ1v) is 8.95. The summed E-state index contributed by atoms with van der Waals surface area (Å²) in [5, 5.41) is 3.68. The zero-order valence-electron chi connectivity index (χ0n) is 12.1. The van der Waals surface area contributed by atoms with Crippen molar-refractivity contribution in [1.82, 2.24) is 5.32 Å². The molecule has 0 aromatic heterocycles. The maximum atomic E-state index is 11.9. The van der Waals surface area contributed by atoms with E-state index < -0.39 is 10.0 Å². The van der Waals surface area contributed by atoms with Crippen molar-refractivity contribution in [3.05, 3.63) is 28.8 Å². The molecule has 0 amide bonds. The van der Waals surface area contributed by atoms with E-state index in [4.69, 9.17) is 11.6 Å². The van der Waals surface area contributed by atoms with Gasteiger partial charge in [-0.1, -0.05) is 24.6 Å². The van der Waals surface area contributed by atoms with Crippen LogP contribution in [0, 0.1) is 6.92 Å². The summed E-state index contributed by atoms with van der Waals surface area (Å²) < 4.78 is 26.4. The SMILES string of the molecule is CCCNCCCCS(=O)(=O)Nc1ccc(C)cc1Cl. The summed E-state index contributed by atoms with van der Waals surface area (Å²) in [6.07, 6.45) is 2.57. The predicted octanol–water partition coefficient (Wildman–Crippen LogP) is 3.17. The van der Waals surface area contributed by atoms with Crippen LogP contribution in [0.1, 0.15) is 31.7 Å². The number of benzene rings is 1. The van der Waals surface area contributed by atoms with Gasteiger partial charge in [0.1, 0.15) is 0 Å². The first-order valence-electron chi connectivity index (χ1n) is 6.92. The molecule has 1 aromatic carbocycles. The zero-order chi connectivity index (χ0) is 15.0. The summed E-state index contributed by atoms with van der Waals surface area (Å²) in [5.41, 5.74) is 1.45. The first-order chi connectivity index (χ1) is 9.44. The normalized spacial score (nSPS) is 11.6. The van der Waals surface area contributed by atoms with Crippen LogP contribution < -0.4 is 10.0 Å². The fraction of sp³-hybridized carbons (Fsp3) is 0.571. The number of hydrogen-bond acceptors (Lipinski definition) is 3. The molecular weight excluding hydrogens is 296 g/mol. The van der Waals surface area contributed by atoms with Gasteiger partial charge in [0.05, 0.1) is 16.5 Å². The average molecular weight is 319 g/mol. The lowest BCUT2D eigenvalue weighted by Gasteiger charge is -2.10. The summed E-state index contributed by atoms with van der Waals surface area (Å²) in [6.45, 7) is 5.85. The van der Waals surface area contributed by atoms with Crippen LogP contribution in [0.5, 0.6) is 0 Å². The van der Waals surface area contributed by atoms with Crippen LogP contribution in [0.15, 0.2) is 18.2 Å². The minimum Gasteiger partial charge on any atom is -0.317 e. The van der Waals surface area contributed by atoms with Gasteiger partial charge >= 0.3 is 0 Å². The van der Waals surface area contributed by atoms with Crippen molar-refractivity contribution in [2.75, 3.05) is 23.6 Å². The lowest BCUT2D eigenvalue weighted by atomic mass is 10.2. The van der Waals surface area contributed by atoms with Crippen molar-refractivity contribution >= 4 is 27.3 Å². The minimum absolute atomic E-state index is 0.116. The largest absolute Gasteiger partial charge is 0.317 e. The Kier molecular flexibility index (Phi) is 7.34. The lowest BCUT2D eigenvalue weighted by molar-refractivity contribution is 0.590. The van der Waals surface area contributed by atoms with Crippen LogP contribution in [0.25, 0.3) is 0 Å². The number of nitrogens with one attached hydrogen (secondary N) is 2. The van der Waals surface area contributed by atoms with Crippen molar-refractivity contribution in [3.63, 3.8) is 0 Å². The highest BCUT2D eigenvalue weighted by Gasteiger charge is 2.12. The number of rotatable bonds is 9. The van der Waals surface area contributed by atoms with Crippen LogP contribution in [-0.4, -0.2) is 27.3 Å². The summed E-state index contributed by atoms with van der Waals surface area (Å²) in [7, 11) is -3.32. The highest BCUT2D eigenvalue weighted by molar-refractivity contribution is 7.92. The smallest absolute Gasteiger partial charge is 0.232 e. The molecule has 0 aliphatic rings. The van der Waals surface area contributed by atoms with Crippen molar-refractivity contribution in [2.45, 2.75) is 33.1 Å². The predicted molar refractivity (Wildman–Crippen MR) is 86.0 cm³/mol. The monoisotopic (exact) mass is 318 g/mol. The highest BCUT2D eigenvalue weighted by atomic mass is 35.5. The Morgan fingerprint density at radius 3 is 2.60 bits per heavy atom. The van der Waals surface area contributed by atoms with Crippen molar-refractivity contribution < 1.29 is 8.42 Å². The molecule has 0 aliphatic carbocycles. The molecule has 0 saturated heterocycles. The van der Waals surface area contributed by atoms with E-state index in [0.717, 1.165) is 31.5 Å². The summed E-state index contributed by atoms with van der Waals surface area (Å²) in [5.74, 6) is 0.116. The van der Waals surface area contributed by atoms with Gasteiger partial charge in [0, 0.05) is 0 Å². The van der Waals surface area contributed by atoms with Gasteiger partial charge in [-0.3, -0.25) is 4.72 Å². The number of anilines is 1. The Hall–Kier alpha value is -0.780. The molecule has 0 unspecified atom stereocenters. The molecule has 0 spiro atoms. The Labute approximate surface area is 127 Å². The second kappa shape index (κ2) is 8.49. The van der Waals surface area contributed by atoms with E-state index in [0.29, 0.717) is 17.1 Å². The number of aryl methyl sites for hydroxylation is 1. The molecule has 4 nitrogen and oxygen atoms in total.